The molecule has 0 amide bonds. The molecule has 0 aliphatic carbocycles. The van der Waals surface area contributed by atoms with Crippen molar-refractivity contribution in [2.24, 2.45) is 4.99 Å². The minimum Gasteiger partial charge on any atom is -0.463 e. The molecule has 1 saturated heterocycles. The van der Waals surface area contributed by atoms with E-state index < -0.39 is 48.6 Å². The highest BCUT2D eigenvalue weighted by molar-refractivity contribution is 5.75. The molecule has 0 bridgehead atoms. The van der Waals surface area contributed by atoms with Crippen LogP contribution in [-0.2, 0) is 38.1 Å². The Morgan fingerprint density at radius 3 is 2.22 bits per heavy atom. The molecular formula is C14H19NO8. The first-order valence-electron chi connectivity index (χ1n) is 7.12. The number of carbonyl (C=O) groups is 3. The van der Waals surface area contributed by atoms with Crippen molar-refractivity contribution in [2.45, 2.75) is 58.3 Å². The molecule has 9 nitrogen and oxygen atoms in total. The Balaban J connectivity index is 2.26. The summed E-state index contributed by atoms with van der Waals surface area (Å²) < 4.78 is 26.5. The molecule has 0 aromatic heterocycles. The molecule has 0 N–H and O–H groups in total. The molecule has 23 heavy (non-hydrogen) atoms. The van der Waals surface area contributed by atoms with Crippen LogP contribution in [0.15, 0.2) is 4.99 Å². The molecule has 0 aromatic carbocycles. The van der Waals surface area contributed by atoms with Crippen molar-refractivity contribution in [1.82, 2.24) is 0 Å². The van der Waals surface area contributed by atoms with E-state index in [2.05, 4.69) is 4.99 Å². The van der Waals surface area contributed by atoms with Crippen molar-refractivity contribution in [3.05, 3.63) is 0 Å². The molecule has 0 spiro atoms. The number of aliphatic imine (C=N–C) groups is 1. The number of carbonyl (C=O) groups excluding carboxylic acids is 3. The van der Waals surface area contributed by atoms with Crippen LogP contribution >= 0.6 is 0 Å². The molecule has 0 unspecified atom stereocenters. The molecule has 1 fully saturated rings. The Morgan fingerprint density at radius 2 is 1.65 bits per heavy atom. The predicted octanol–water partition coefficient (Wildman–Crippen LogP) is -0.0450. The third-order valence-corrected chi connectivity index (χ3v) is 3.29. The Labute approximate surface area is 132 Å². The van der Waals surface area contributed by atoms with E-state index in [4.69, 9.17) is 23.7 Å². The lowest BCUT2D eigenvalue weighted by atomic mass is 9.97. The maximum Gasteiger partial charge on any atom is 0.303 e. The van der Waals surface area contributed by atoms with Crippen molar-refractivity contribution in [2.75, 3.05) is 6.61 Å². The van der Waals surface area contributed by atoms with Crippen LogP contribution in [0.2, 0.25) is 0 Å². The highest BCUT2D eigenvalue weighted by Gasteiger charge is 2.53. The summed E-state index contributed by atoms with van der Waals surface area (Å²) in [5.41, 5.74) is 0. The Kier molecular flexibility index (Phi) is 5.19. The van der Waals surface area contributed by atoms with Gasteiger partial charge in [-0.15, -0.1) is 0 Å². The van der Waals surface area contributed by atoms with E-state index in [1.165, 1.54) is 20.8 Å². The molecule has 0 radical (unpaired) electrons. The summed E-state index contributed by atoms with van der Waals surface area (Å²) >= 11 is 0. The van der Waals surface area contributed by atoms with E-state index in [-0.39, 0.29) is 6.61 Å². The van der Waals surface area contributed by atoms with Gasteiger partial charge in [0.25, 0.3) is 0 Å². The van der Waals surface area contributed by atoms with Crippen molar-refractivity contribution in [1.29, 1.82) is 0 Å². The number of hydrogen-bond acceptors (Lipinski definition) is 9. The highest BCUT2D eigenvalue weighted by Crippen LogP contribution is 2.32. The van der Waals surface area contributed by atoms with Crippen LogP contribution in [0, 0.1) is 0 Å². The molecule has 0 aromatic rings. The standard InChI is InChI=1S/C14H19NO8/c1-6-15-11-13(22-9(4)18)12(21-8(3)17)10(5-19-7(2)16)23-14(11)20-6/h10-14H,5H2,1-4H3/t10-,11-,12+,13-,14-/m1/s1. The first kappa shape index (κ1) is 17.2. The van der Waals surface area contributed by atoms with Gasteiger partial charge in [0.05, 0.1) is 0 Å². The second-order valence-electron chi connectivity index (χ2n) is 5.25. The van der Waals surface area contributed by atoms with E-state index in [1.54, 1.807) is 6.92 Å². The largest absolute Gasteiger partial charge is 0.463 e. The summed E-state index contributed by atoms with van der Waals surface area (Å²) in [7, 11) is 0. The van der Waals surface area contributed by atoms with Gasteiger partial charge in [-0.05, 0) is 0 Å². The average Bonchev–Trinajstić information content (AvgIpc) is 2.78. The molecular weight excluding hydrogens is 310 g/mol. The SMILES string of the molecule is CC(=O)OC[C@H]1O[C@H]2OC(C)=N[C@@H]2[C@@H](OC(C)=O)[C@H]1OC(C)=O. The molecule has 2 aliphatic rings. The van der Waals surface area contributed by atoms with E-state index in [0.717, 1.165) is 0 Å². The number of fused-ring (bicyclic) bond motifs is 1. The Hall–Kier alpha value is -2.16. The predicted molar refractivity (Wildman–Crippen MR) is 74.4 cm³/mol. The quantitative estimate of drug-likeness (QED) is 0.522. The molecule has 128 valence electrons. The molecule has 9 heteroatoms. The average molecular weight is 329 g/mol. The molecule has 2 heterocycles. The second kappa shape index (κ2) is 6.95. The van der Waals surface area contributed by atoms with Gasteiger partial charge in [0.15, 0.2) is 24.1 Å². The minimum atomic E-state index is -0.963. The number of hydrogen-bond donors (Lipinski definition) is 0. The van der Waals surface area contributed by atoms with Gasteiger partial charge >= 0.3 is 17.9 Å². The summed E-state index contributed by atoms with van der Waals surface area (Å²) in [6, 6.07) is -0.656. The fourth-order valence-corrected chi connectivity index (χ4v) is 2.53. The lowest BCUT2D eigenvalue weighted by Gasteiger charge is -2.40. The van der Waals surface area contributed by atoms with Crippen LogP contribution in [0.25, 0.3) is 0 Å². The molecule has 2 aliphatic heterocycles. The van der Waals surface area contributed by atoms with Crippen LogP contribution in [0.3, 0.4) is 0 Å². The van der Waals surface area contributed by atoms with Gasteiger partial charge in [-0.25, -0.2) is 4.99 Å². The van der Waals surface area contributed by atoms with Crippen molar-refractivity contribution >= 4 is 23.8 Å². The first-order chi connectivity index (χ1) is 10.8. The monoisotopic (exact) mass is 329 g/mol. The molecule has 0 saturated carbocycles. The summed E-state index contributed by atoms with van der Waals surface area (Å²) in [6.07, 6.45) is -3.50. The number of ether oxygens (including phenoxy) is 5. The Morgan fingerprint density at radius 1 is 1.04 bits per heavy atom. The zero-order valence-electron chi connectivity index (χ0n) is 13.3. The van der Waals surface area contributed by atoms with Crippen molar-refractivity contribution in [3.63, 3.8) is 0 Å². The smallest absolute Gasteiger partial charge is 0.303 e. The van der Waals surface area contributed by atoms with Crippen LogP contribution < -0.4 is 0 Å². The number of rotatable bonds is 4. The molecule has 5 atom stereocenters. The van der Waals surface area contributed by atoms with Gasteiger partial charge < -0.3 is 23.7 Å². The summed E-state index contributed by atoms with van der Waals surface area (Å²) in [4.78, 5) is 38.1. The fourth-order valence-electron chi connectivity index (χ4n) is 2.53. The third kappa shape index (κ3) is 4.19. The first-order valence-corrected chi connectivity index (χ1v) is 7.12. The lowest BCUT2D eigenvalue weighted by molar-refractivity contribution is -0.249. The van der Waals surface area contributed by atoms with Gasteiger partial charge in [0.1, 0.15) is 12.7 Å². The van der Waals surface area contributed by atoms with Crippen molar-refractivity contribution in [3.8, 4) is 0 Å². The number of esters is 3. The maximum absolute atomic E-state index is 11.4. The van der Waals surface area contributed by atoms with E-state index in [1.807, 2.05) is 0 Å². The van der Waals surface area contributed by atoms with Gasteiger partial charge in [-0.1, -0.05) is 0 Å². The normalized spacial score (nSPS) is 32.2. The topological polar surface area (TPSA) is 110 Å². The minimum absolute atomic E-state index is 0.170. The Bertz CT molecular complexity index is 531. The van der Waals surface area contributed by atoms with E-state index in [0.29, 0.717) is 5.90 Å². The van der Waals surface area contributed by atoms with Gasteiger partial charge in [-0.3, -0.25) is 14.4 Å². The zero-order chi connectivity index (χ0) is 17.1. The maximum atomic E-state index is 11.4. The summed E-state index contributed by atoms with van der Waals surface area (Å²) in [6.45, 7) is 5.17. The zero-order valence-corrected chi connectivity index (χ0v) is 13.3. The number of nitrogens with zero attached hydrogens (tertiary/aromatic N) is 1. The van der Waals surface area contributed by atoms with E-state index >= 15 is 0 Å². The molecule has 2 rings (SSSR count). The van der Waals surface area contributed by atoms with Gasteiger partial charge in [0, 0.05) is 27.7 Å². The lowest BCUT2D eigenvalue weighted by Crippen LogP contribution is -2.60. The highest BCUT2D eigenvalue weighted by atomic mass is 16.7. The van der Waals surface area contributed by atoms with Crippen LogP contribution in [-0.4, -0.2) is 61.1 Å². The van der Waals surface area contributed by atoms with Crippen LogP contribution in [0.4, 0.5) is 0 Å². The van der Waals surface area contributed by atoms with Crippen LogP contribution in [0.1, 0.15) is 27.7 Å². The van der Waals surface area contributed by atoms with Crippen LogP contribution in [0.5, 0.6) is 0 Å². The summed E-state index contributed by atoms with van der Waals surface area (Å²) in [5, 5.41) is 0. The summed E-state index contributed by atoms with van der Waals surface area (Å²) in [5.74, 6) is -1.28. The third-order valence-electron chi connectivity index (χ3n) is 3.29. The second-order valence-corrected chi connectivity index (χ2v) is 5.25. The fraction of sp³-hybridized carbons (Fsp3) is 0.714. The van der Waals surface area contributed by atoms with Gasteiger partial charge in [-0.2, -0.15) is 0 Å². The van der Waals surface area contributed by atoms with E-state index in [9.17, 15) is 14.4 Å². The van der Waals surface area contributed by atoms with Crippen molar-refractivity contribution < 1.29 is 38.1 Å². The van der Waals surface area contributed by atoms with Gasteiger partial charge in [0.2, 0.25) is 6.29 Å².